The van der Waals surface area contributed by atoms with Gasteiger partial charge in [-0.15, -0.1) is 22.7 Å². The smallest absolute Gasteiger partial charge is 0.375 e. The second kappa shape index (κ2) is 8.39. The number of rotatable bonds is 7. The molecule has 0 saturated heterocycles. The maximum Gasteiger partial charge on any atom is 0.375 e. The Morgan fingerprint density at radius 1 is 0.969 bits per heavy atom. The molecule has 0 amide bonds. The molecular formula is C21H14N2O5S4. The summed E-state index contributed by atoms with van der Waals surface area (Å²) in [5.41, 5.74) is -0.272. The van der Waals surface area contributed by atoms with Crippen LogP contribution in [0.3, 0.4) is 0 Å². The van der Waals surface area contributed by atoms with Crippen molar-refractivity contribution in [2.24, 2.45) is 0 Å². The predicted molar refractivity (Wildman–Crippen MR) is 127 cm³/mol. The number of aromatic nitrogens is 2. The molecule has 7 nitrogen and oxygen atoms in total. The number of carbonyl (C=O) groups excluding carboxylic acids is 1. The molecule has 0 saturated carbocycles. The summed E-state index contributed by atoms with van der Waals surface area (Å²) in [6.07, 6.45) is 0. The Bertz CT molecular complexity index is 1330. The van der Waals surface area contributed by atoms with Gasteiger partial charge in [-0.05, 0) is 24.3 Å². The van der Waals surface area contributed by atoms with Gasteiger partial charge in [0.15, 0.2) is 8.68 Å². The maximum atomic E-state index is 12.3. The quantitative estimate of drug-likeness (QED) is 0.267. The zero-order valence-electron chi connectivity index (χ0n) is 16.2. The van der Waals surface area contributed by atoms with Crippen LogP contribution in [0.1, 0.15) is 0 Å². The van der Waals surface area contributed by atoms with Gasteiger partial charge < -0.3 is 14.9 Å². The Kier molecular flexibility index (Phi) is 5.58. The first-order valence-corrected chi connectivity index (χ1v) is 12.9. The van der Waals surface area contributed by atoms with Crippen LogP contribution < -0.4 is 0 Å². The summed E-state index contributed by atoms with van der Waals surface area (Å²) in [6, 6.07) is 15.3. The Labute approximate surface area is 198 Å². The van der Waals surface area contributed by atoms with E-state index in [1.165, 1.54) is 46.2 Å². The highest BCUT2D eigenvalue weighted by Crippen LogP contribution is 2.42. The van der Waals surface area contributed by atoms with Gasteiger partial charge in [-0.2, -0.15) is 0 Å². The minimum atomic E-state index is -1.96. The van der Waals surface area contributed by atoms with Crippen molar-refractivity contribution in [3.05, 3.63) is 59.9 Å². The number of aliphatic carboxylic acids is 1. The van der Waals surface area contributed by atoms with Crippen LogP contribution >= 0.6 is 46.2 Å². The van der Waals surface area contributed by atoms with Gasteiger partial charge in [0.2, 0.25) is 11.4 Å². The first kappa shape index (κ1) is 21.3. The Morgan fingerprint density at radius 2 is 1.53 bits per heavy atom. The average Bonchev–Trinajstić information content (AvgIpc) is 3.45. The monoisotopic (exact) mass is 502 g/mol. The van der Waals surface area contributed by atoms with E-state index in [-0.39, 0.29) is 17.1 Å². The highest BCUT2D eigenvalue weighted by atomic mass is 32.2. The summed E-state index contributed by atoms with van der Waals surface area (Å²) in [7, 11) is 0. The molecule has 32 heavy (non-hydrogen) atoms. The van der Waals surface area contributed by atoms with Crippen molar-refractivity contribution in [3.8, 4) is 0 Å². The molecular weight excluding hydrogens is 489 g/mol. The zero-order chi connectivity index (χ0) is 22.3. The van der Waals surface area contributed by atoms with E-state index in [0.717, 1.165) is 20.4 Å². The van der Waals surface area contributed by atoms with Crippen LogP contribution in [-0.4, -0.2) is 49.2 Å². The van der Waals surface area contributed by atoms with Crippen LogP contribution in [0.5, 0.6) is 0 Å². The minimum absolute atomic E-state index is 0.0351. The van der Waals surface area contributed by atoms with Crippen molar-refractivity contribution in [2.45, 2.75) is 14.3 Å². The minimum Gasteiger partial charge on any atom is -0.502 e. The lowest BCUT2D eigenvalue weighted by atomic mass is 9.98. The van der Waals surface area contributed by atoms with Crippen LogP contribution in [-0.2, 0) is 14.3 Å². The number of carbonyl (C=O) groups is 2. The van der Waals surface area contributed by atoms with Gasteiger partial charge in [-0.25, -0.2) is 19.6 Å². The van der Waals surface area contributed by atoms with Crippen molar-refractivity contribution in [2.75, 3.05) is 11.5 Å². The lowest BCUT2D eigenvalue weighted by molar-refractivity contribution is -0.166. The standard InChI is InChI=1S/C21H14N2O5S4/c24-16-11(9-29-19-22-12-5-1-3-7-14(12)31-19)21(18(26)27,28-17(16)25)10-30-20-23-13-6-2-4-8-15(13)32-20/h1-8,24H,9-10H2,(H,26,27). The van der Waals surface area contributed by atoms with E-state index < -0.39 is 23.3 Å². The van der Waals surface area contributed by atoms with Crippen molar-refractivity contribution < 1.29 is 24.5 Å². The number of fused-ring (bicyclic) bond motifs is 2. The van der Waals surface area contributed by atoms with Crippen LogP contribution in [0.25, 0.3) is 20.4 Å². The molecule has 2 N–H and O–H groups in total. The van der Waals surface area contributed by atoms with Gasteiger partial charge in [0, 0.05) is 11.3 Å². The van der Waals surface area contributed by atoms with E-state index in [2.05, 4.69) is 9.97 Å². The number of benzene rings is 2. The van der Waals surface area contributed by atoms with E-state index in [4.69, 9.17) is 4.74 Å². The number of para-hydroxylation sites is 2. The normalized spacial score (nSPS) is 18.6. The summed E-state index contributed by atoms with van der Waals surface area (Å²) in [4.78, 5) is 33.5. The Morgan fingerprint density at radius 3 is 2.09 bits per heavy atom. The number of nitrogens with zero attached hydrogens (tertiary/aromatic N) is 2. The number of hydrogen-bond donors (Lipinski definition) is 2. The largest absolute Gasteiger partial charge is 0.502 e. The van der Waals surface area contributed by atoms with Gasteiger partial charge in [-0.3, -0.25) is 0 Å². The second-order valence-corrected chi connectivity index (χ2v) is 11.3. The molecule has 5 rings (SSSR count). The number of aliphatic hydroxyl groups is 1. The van der Waals surface area contributed by atoms with Crippen LogP contribution in [0, 0.1) is 0 Å². The summed E-state index contributed by atoms with van der Waals surface area (Å²) in [5, 5.41) is 20.4. The summed E-state index contributed by atoms with van der Waals surface area (Å²) < 4.78 is 8.60. The molecule has 0 radical (unpaired) electrons. The van der Waals surface area contributed by atoms with E-state index in [9.17, 15) is 19.8 Å². The van der Waals surface area contributed by atoms with Crippen LogP contribution in [0.2, 0.25) is 0 Å². The molecule has 162 valence electrons. The van der Waals surface area contributed by atoms with Crippen molar-refractivity contribution in [1.82, 2.24) is 9.97 Å². The number of carboxylic acids is 1. The van der Waals surface area contributed by atoms with Gasteiger partial charge in [0.1, 0.15) is 0 Å². The number of thioether (sulfide) groups is 2. The van der Waals surface area contributed by atoms with Crippen LogP contribution in [0.15, 0.2) is 68.5 Å². The van der Waals surface area contributed by atoms with E-state index >= 15 is 0 Å². The fourth-order valence-corrected chi connectivity index (χ4v) is 7.65. The Balaban J connectivity index is 1.40. The number of carboxylic acid groups (broad SMARTS) is 1. The average molecular weight is 503 g/mol. The molecule has 4 aromatic rings. The molecule has 2 aromatic heterocycles. The summed E-state index contributed by atoms with van der Waals surface area (Å²) in [5.74, 6) is -3.05. The molecule has 0 spiro atoms. The summed E-state index contributed by atoms with van der Waals surface area (Å²) >= 11 is 5.35. The third-order valence-corrected chi connectivity index (χ3v) is 9.40. The van der Waals surface area contributed by atoms with Gasteiger partial charge in [0.05, 0.1) is 26.2 Å². The topological polar surface area (TPSA) is 110 Å². The van der Waals surface area contributed by atoms with Crippen LogP contribution in [0.4, 0.5) is 0 Å². The van der Waals surface area contributed by atoms with Crippen molar-refractivity contribution in [1.29, 1.82) is 0 Å². The molecule has 1 aliphatic rings. The first-order valence-electron chi connectivity index (χ1n) is 9.32. The Hall–Kier alpha value is -2.60. The molecule has 1 unspecified atom stereocenters. The van der Waals surface area contributed by atoms with Crippen molar-refractivity contribution >= 4 is 78.6 Å². The fourth-order valence-electron chi connectivity index (χ4n) is 3.24. The number of ether oxygens (including phenoxy) is 1. The molecule has 0 bridgehead atoms. The van der Waals surface area contributed by atoms with E-state index in [1.807, 2.05) is 48.5 Å². The third-order valence-electron chi connectivity index (χ3n) is 4.87. The maximum absolute atomic E-state index is 12.3. The molecule has 3 heterocycles. The third kappa shape index (κ3) is 3.75. The molecule has 0 aliphatic carbocycles. The number of cyclic esters (lactones) is 1. The second-order valence-electron chi connectivity index (χ2n) is 6.82. The molecule has 1 atom stereocenters. The SMILES string of the molecule is O=C1OC(CSc2nc3ccccc3s2)(C(=O)O)C(CSc2nc3ccccc3s2)=C1O. The number of thiazole rings is 2. The number of hydrogen-bond acceptors (Lipinski definition) is 10. The van der Waals surface area contributed by atoms with Gasteiger partial charge in [0.25, 0.3) is 0 Å². The lowest BCUT2D eigenvalue weighted by Crippen LogP contribution is -2.44. The molecule has 11 heteroatoms. The van der Waals surface area contributed by atoms with Crippen molar-refractivity contribution in [3.63, 3.8) is 0 Å². The van der Waals surface area contributed by atoms with E-state index in [1.54, 1.807) is 0 Å². The number of aliphatic hydroxyl groups excluding tert-OH is 1. The lowest BCUT2D eigenvalue weighted by Gasteiger charge is -2.25. The number of esters is 1. The first-order chi connectivity index (χ1) is 15.5. The molecule has 1 aliphatic heterocycles. The predicted octanol–water partition coefficient (Wildman–Crippen LogP) is 4.98. The fraction of sp³-hybridized carbons (Fsp3) is 0.143. The van der Waals surface area contributed by atoms with Gasteiger partial charge >= 0.3 is 11.9 Å². The molecule has 2 aromatic carbocycles. The van der Waals surface area contributed by atoms with E-state index in [0.29, 0.717) is 8.68 Å². The highest BCUT2D eigenvalue weighted by Gasteiger charge is 2.54. The highest BCUT2D eigenvalue weighted by molar-refractivity contribution is 8.01. The zero-order valence-corrected chi connectivity index (χ0v) is 19.4. The summed E-state index contributed by atoms with van der Waals surface area (Å²) in [6.45, 7) is 0. The molecule has 0 fully saturated rings. The van der Waals surface area contributed by atoms with Gasteiger partial charge in [-0.1, -0.05) is 47.8 Å².